The van der Waals surface area contributed by atoms with Crippen LogP contribution in [0.15, 0.2) is 23.7 Å². The highest BCUT2D eigenvalue weighted by Gasteiger charge is 2.15. The molecule has 2 N–H and O–H groups in total. The molecule has 0 aliphatic heterocycles. The van der Waals surface area contributed by atoms with Crippen LogP contribution in [0.2, 0.25) is 0 Å². The van der Waals surface area contributed by atoms with E-state index in [0.717, 1.165) is 4.88 Å². The van der Waals surface area contributed by atoms with Gasteiger partial charge in [0.25, 0.3) is 0 Å². The van der Waals surface area contributed by atoms with Crippen molar-refractivity contribution >= 4 is 23.0 Å². The van der Waals surface area contributed by atoms with Crippen LogP contribution in [-0.2, 0) is 11.3 Å². The van der Waals surface area contributed by atoms with E-state index in [0.29, 0.717) is 18.8 Å². The highest BCUT2D eigenvalue weighted by Crippen LogP contribution is 2.14. The monoisotopic (exact) mass is 251 g/mol. The van der Waals surface area contributed by atoms with Crippen molar-refractivity contribution in [1.29, 1.82) is 0 Å². The van der Waals surface area contributed by atoms with Crippen molar-refractivity contribution in [3.8, 4) is 0 Å². The molecular formula is C11H13N3O2S. The van der Waals surface area contributed by atoms with Crippen LogP contribution in [0.5, 0.6) is 0 Å². The summed E-state index contributed by atoms with van der Waals surface area (Å²) < 4.78 is 6.51. The molecule has 0 unspecified atom stereocenters. The van der Waals surface area contributed by atoms with Crippen molar-refractivity contribution in [3.05, 3.63) is 34.3 Å². The van der Waals surface area contributed by atoms with E-state index in [1.54, 1.807) is 29.1 Å². The molecule has 2 rings (SSSR count). The number of anilines is 1. The normalized spacial score (nSPS) is 10.4. The summed E-state index contributed by atoms with van der Waals surface area (Å²) in [5, 5.41) is 6.12. The molecule has 0 atom stereocenters. The van der Waals surface area contributed by atoms with E-state index in [9.17, 15) is 4.79 Å². The molecule has 2 aromatic heterocycles. The molecule has 0 aromatic carbocycles. The summed E-state index contributed by atoms with van der Waals surface area (Å²) in [5.74, 6) is -0.477. The van der Waals surface area contributed by atoms with Crippen molar-refractivity contribution in [2.24, 2.45) is 0 Å². The first-order valence-corrected chi connectivity index (χ1v) is 6.11. The maximum Gasteiger partial charge on any atom is 0.361 e. The van der Waals surface area contributed by atoms with Gasteiger partial charge in [-0.05, 0) is 18.4 Å². The number of aromatic nitrogens is 2. The minimum atomic E-state index is -0.477. The fourth-order valence-electron chi connectivity index (χ4n) is 1.44. The molecule has 0 fully saturated rings. The Kier molecular flexibility index (Phi) is 3.43. The number of hydrogen-bond donors (Lipinski definition) is 1. The molecule has 0 saturated heterocycles. The van der Waals surface area contributed by atoms with E-state index in [-0.39, 0.29) is 5.69 Å². The van der Waals surface area contributed by atoms with Gasteiger partial charge in [0.05, 0.1) is 18.8 Å². The smallest absolute Gasteiger partial charge is 0.361 e. The second kappa shape index (κ2) is 5.01. The lowest BCUT2D eigenvalue weighted by Gasteiger charge is -1.98. The van der Waals surface area contributed by atoms with Crippen LogP contribution in [0.25, 0.3) is 0 Å². The number of rotatable bonds is 4. The zero-order valence-electron chi connectivity index (χ0n) is 9.42. The Morgan fingerprint density at radius 3 is 3.12 bits per heavy atom. The van der Waals surface area contributed by atoms with Crippen LogP contribution in [0.4, 0.5) is 5.69 Å². The van der Waals surface area contributed by atoms with Crippen LogP contribution in [0, 0.1) is 0 Å². The number of nitrogens with zero attached hydrogens (tertiary/aromatic N) is 2. The van der Waals surface area contributed by atoms with Gasteiger partial charge in [-0.25, -0.2) is 4.79 Å². The van der Waals surface area contributed by atoms with Gasteiger partial charge in [-0.3, -0.25) is 4.68 Å². The molecule has 0 radical (unpaired) electrons. The zero-order chi connectivity index (χ0) is 12.3. The summed E-state index contributed by atoms with van der Waals surface area (Å²) in [4.78, 5) is 12.7. The van der Waals surface area contributed by atoms with Crippen molar-refractivity contribution < 1.29 is 9.53 Å². The van der Waals surface area contributed by atoms with Crippen LogP contribution in [-0.4, -0.2) is 22.4 Å². The number of carbonyl (C=O) groups is 1. The molecular weight excluding hydrogens is 238 g/mol. The standard InChI is InChI=1S/C11H13N3O2S/c1-2-16-11(15)10-9(12)7-14(13-10)6-8-4-3-5-17-8/h3-5,7H,2,6,12H2,1H3. The van der Waals surface area contributed by atoms with Gasteiger partial charge >= 0.3 is 5.97 Å². The molecule has 2 heterocycles. The lowest BCUT2D eigenvalue weighted by atomic mass is 10.4. The van der Waals surface area contributed by atoms with Gasteiger partial charge in [0.15, 0.2) is 5.69 Å². The first-order valence-electron chi connectivity index (χ1n) is 5.23. The fraction of sp³-hybridized carbons (Fsp3) is 0.273. The van der Waals surface area contributed by atoms with Gasteiger partial charge < -0.3 is 10.5 Å². The Morgan fingerprint density at radius 1 is 1.65 bits per heavy atom. The molecule has 0 bridgehead atoms. The summed E-state index contributed by atoms with van der Waals surface area (Å²) in [6.45, 7) is 2.67. The molecule has 0 aliphatic carbocycles. The molecule has 5 nitrogen and oxygen atoms in total. The average molecular weight is 251 g/mol. The molecule has 90 valence electrons. The SMILES string of the molecule is CCOC(=O)c1nn(Cc2cccs2)cc1N. The second-order valence-electron chi connectivity index (χ2n) is 3.43. The number of thiophene rings is 1. The first-order chi connectivity index (χ1) is 8.20. The molecule has 0 spiro atoms. The summed E-state index contributed by atoms with van der Waals surface area (Å²) in [6, 6.07) is 3.98. The van der Waals surface area contributed by atoms with Crippen molar-refractivity contribution in [1.82, 2.24) is 9.78 Å². The molecule has 0 aliphatic rings. The lowest BCUT2D eigenvalue weighted by molar-refractivity contribution is 0.0519. The quantitative estimate of drug-likeness (QED) is 0.840. The predicted octanol–water partition coefficient (Wildman–Crippen LogP) is 1.75. The maximum atomic E-state index is 11.5. The first kappa shape index (κ1) is 11.7. The number of carbonyl (C=O) groups excluding carboxylic acids is 1. The molecule has 17 heavy (non-hydrogen) atoms. The maximum absolute atomic E-state index is 11.5. The minimum Gasteiger partial charge on any atom is -0.461 e. The summed E-state index contributed by atoms with van der Waals surface area (Å²) >= 11 is 1.63. The zero-order valence-corrected chi connectivity index (χ0v) is 10.2. The highest BCUT2D eigenvalue weighted by atomic mass is 32.1. The summed E-state index contributed by atoms with van der Waals surface area (Å²) in [7, 11) is 0. The third kappa shape index (κ3) is 2.65. The van der Waals surface area contributed by atoms with E-state index in [1.165, 1.54) is 0 Å². The van der Waals surface area contributed by atoms with Gasteiger partial charge in [0.1, 0.15) is 0 Å². The van der Waals surface area contributed by atoms with Crippen molar-refractivity contribution in [3.63, 3.8) is 0 Å². The Morgan fingerprint density at radius 2 is 2.47 bits per heavy atom. The fourth-order valence-corrected chi connectivity index (χ4v) is 2.13. The van der Waals surface area contributed by atoms with E-state index in [2.05, 4.69) is 5.10 Å². The molecule has 6 heteroatoms. The lowest BCUT2D eigenvalue weighted by Crippen LogP contribution is -2.08. The molecule has 0 saturated carbocycles. The van der Waals surface area contributed by atoms with Gasteiger partial charge in [0, 0.05) is 11.1 Å². The van der Waals surface area contributed by atoms with Crippen LogP contribution in [0.1, 0.15) is 22.3 Å². The predicted molar refractivity (Wildman–Crippen MR) is 66.0 cm³/mol. The number of ether oxygens (including phenoxy) is 1. The number of hydrogen-bond acceptors (Lipinski definition) is 5. The Labute approximate surface area is 103 Å². The highest BCUT2D eigenvalue weighted by molar-refractivity contribution is 7.09. The van der Waals surface area contributed by atoms with E-state index < -0.39 is 5.97 Å². The van der Waals surface area contributed by atoms with E-state index in [4.69, 9.17) is 10.5 Å². The number of nitrogen functional groups attached to an aromatic ring is 1. The number of esters is 1. The summed E-state index contributed by atoms with van der Waals surface area (Å²) in [6.07, 6.45) is 1.64. The molecule has 0 amide bonds. The van der Waals surface area contributed by atoms with Crippen LogP contribution >= 0.6 is 11.3 Å². The largest absolute Gasteiger partial charge is 0.461 e. The Balaban J connectivity index is 2.16. The van der Waals surface area contributed by atoms with Gasteiger partial charge in [-0.15, -0.1) is 11.3 Å². The topological polar surface area (TPSA) is 70.1 Å². The number of nitrogens with two attached hydrogens (primary N) is 1. The van der Waals surface area contributed by atoms with Gasteiger partial charge in [-0.2, -0.15) is 5.10 Å². The van der Waals surface area contributed by atoms with E-state index in [1.807, 2.05) is 17.5 Å². The Hall–Kier alpha value is -1.82. The third-order valence-corrected chi connectivity index (χ3v) is 3.02. The second-order valence-corrected chi connectivity index (χ2v) is 4.46. The average Bonchev–Trinajstić information content (AvgIpc) is 2.89. The van der Waals surface area contributed by atoms with Crippen LogP contribution < -0.4 is 5.73 Å². The van der Waals surface area contributed by atoms with Crippen molar-refractivity contribution in [2.75, 3.05) is 12.3 Å². The minimum absolute atomic E-state index is 0.184. The van der Waals surface area contributed by atoms with Crippen molar-refractivity contribution in [2.45, 2.75) is 13.5 Å². The van der Waals surface area contributed by atoms with Gasteiger partial charge in [0.2, 0.25) is 0 Å². The van der Waals surface area contributed by atoms with E-state index >= 15 is 0 Å². The Bertz CT molecular complexity index is 505. The molecule has 2 aromatic rings. The van der Waals surface area contributed by atoms with Crippen LogP contribution in [0.3, 0.4) is 0 Å². The van der Waals surface area contributed by atoms with Gasteiger partial charge in [-0.1, -0.05) is 6.07 Å². The third-order valence-electron chi connectivity index (χ3n) is 2.16. The summed E-state index contributed by atoms with van der Waals surface area (Å²) in [5.41, 5.74) is 6.25.